The lowest BCUT2D eigenvalue weighted by atomic mass is 10.1. The number of benzene rings is 1. The Morgan fingerprint density at radius 2 is 2.12 bits per heavy atom. The normalized spacial score (nSPS) is 17.2. The van der Waals surface area contributed by atoms with E-state index in [-0.39, 0.29) is 12.4 Å². The van der Waals surface area contributed by atoms with E-state index < -0.39 is 0 Å². The van der Waals surface area contributed by atoms with Crippen molar-refractivity contribution in [3.8, 4) is 11.7 Å². The molecule has 1 saturated heterocycles. The Morgan fingerprint density at radius 1 is 1.28 bits per heavy atom. The highest BCUT2D eigenvalue weighted by molar-refractivity contribution is 6.30. The van der Waals surface area contributed by atoms with Crippen molar-refractivity contribution in [1.29, 1.82) is 0 Å². The van der Waals surface area contributed by atoms with Gasteiger partial charge in [-0.1, -0.05) is 28.9 Å². The molecule has 1 N–H and O–H groups in total. The van der Waals surface area contributed by atoms with Crippen LogP contribution in [0, 0.1) is 0 Å². The van der Waals surface area contributed by atoms with Crippen molar-refractivity contribution in [3.05, 3.63) is 47.0 Å². The Labute approximate surface area is 156 Å². The van der Waals surface area contributed by atoms with Crippen molar-refractivity contribution in [2.75, 3.05) is 13.1 Å². The number of nitrogens with one attached hydrogen (secondary N) is 1. The highest BCUT2D eigenvalue weighted by Gasteiger charge is 2.19. The summed E-state index contributed by atoms with van der Waals surface area (Å²) in [4.78, 5) is 8.70. The van der Waals surface area contributed by atoms with Crippen molar-refractivity contribution in [2.45, 2.75) is 25.3 Å². The molecule has 25 heavy (non-hydrogen) atoms. The topological polar surface area (TPSA) is 81.7 Å². The summed E-state index contributed by atoms with van der Waals surface area (Å²) in [6.07, 6.45) is 4.55. The third-order valence-electron chi connectivity index (χ3n) is 4.09. The molecule has 0 spiro atoms. The second-order valence-corrected chi connectivity index (χ2v) is 6.30. The van der Waals surface area contributed by atoms with Crippen LogP contribution in [0.15, 0.2) is 35.1 Å². The van der Waals surface area contributed by atoms with E-state index in [1.807, 2.05) is 28.9 Å². The summed E-state index contributed by atoms with van der Waals surface area (Å²) in [5, 5.41) is 12.6. The number of piperidine rings is 1. The van der Waals surface area contributed by atoms with E-state index >= 15 is 0 Å². The van der Waals surface area contributed by atoms with E-state index in [1.54, 1.807) is 6.33 Å². The van der Waals surface area contributed by atoms with Gasteiger partial charge in [0.1, 0.15) is 6.33 Å². The van der Waals surface area contributed by atoms with E-state index in [0.29, 0.717) is 35.0 Å². The minimum absolute atomic E-state index is 0. The first-order chi connectivity index (χ1) is 11.8. The monoisotopic (exact) mass is 380 g/mol. The van der Waals surface area contributed by atoms with E-state index in [4.69, 9.17) is 16.1 Å². The molecule has 1 aromatic carbocycles. The van der Waals surface area contributed by atoms with Crippen molar-refractivity contribution in [2.24, 2.45) is 0 Å². The molecule has 0 aliphatic carbocycles. The minimum Gasteiger partial charge on any atom is -0.330 e. The van der Waals surface area contributed by atoms with Gasteiger partial charge in [-0.05, 0) is 37.1 Å². The third kappa shape index (κ3) is 4.18. The van der Waals surface area contributed by atoms with Crippen LogP contribution in [0.1, 0.15) is 30.3 Å². The molecule has 1 unspecified atom stereocenters. The summed E-state index contributed by atoms with van der Waals surface area (Å²) in [6.45, 7) is 1.98. The Kier molecular flexibility index (Phi) is 5.67. The molecule has 3 heterocycles. The first-order valence-corrected chi connectivity index (χ1v) is 8.35. The Hall–Kier alpha value is -1.96. The number of hydrogen-bond donors (Lipinski definition) is 1. The minimum atomic E-state index is 0. The summed E-state index contributed by atoms with van der Waals surface area (Å²) in [5.74, 6) is 1.42. The molecule has 0 saturated carbocycles. The van der Waals surface area contributed by atoms with Crippen LogP contribution in [-0.4, -0.2) is 38.0 Å². The van der Waals surface area contributed by atoms with Crippen LogP contribution in [0.4, 0.5) is 0 Å². The molecule has 4 rings (SSSR count). The third-order valence-corrected chi connectivity index (χ3v) is 4.34. The van der Waals surface area contributed by atoms with Gasteiger partial charge in [0.25, 0.3) is 5.89 Å². The first-order valence-electron chi connectivity index (χ1n) is 7.97. The second kappa shape index (κ2) is 7.95. The summed E-state index contributed by atoms with van der Waals surface area (Å²) in [7, 11) is 0. The molecule has 0 bridgehead atoms. The van der Waals surface area contributed by atoms with Gasteiger partial charge in [0, 0.05) is 18.0 Å². The van der Waals surface area contributed by atoms with Gasteiger partial charge in [-0.25, -0.2) is 9.67 Å². The zero-order valence-corrected chi connectivity index (χ0v) is 15.0. The van der Waals surface area contributed by atoms with E-state index in [2.05, 4.69) is 25.5 Å². The van der Waals surface area contributed by atoms with Crippen LogP contribution in [0.5, 0.6) is 0 Å². The fourth-order valence-corrected chi connectivity index (χ4v) is 2.94. The molecule has 1 aliphatic heterocycles. The summed E-state index contributed by atoms with van der Waals surface area (Å²) in [5.41, 5.74) is 1.07. The lowest BCUT2D eigenvalue weighted by Gasteiger charge is -2.22. The van der Waals surface area contributed by atoms with Gasteiger partial charge in [0.15, 0.2) is 5.82 Å². The molecule has 1 fully saturated rings. The van der Waals surface area contributed by atoms with Crippen molar-refractivity contribution < 1.29 is 4.52 Å². The molecule has 132 valence electrons. The number of aromatic nitrogens is 5. The SMILES string of the molecule is Cl.Clc1ccc(Cc2noc(-c3ncn(C4CCCNC4)n3)n2)cc1. The van der Waals surface area contributed by atoms with E-state index in [1.165, 1.54) is 0 Å². The first kappa shape index (κ1) is 17.8. The molecular weight excluding hydrogens is 363 g/mol. The number of nitrogens with zero attached hydrogens (tertiary/aromatic N) is 5. The Morgan fingerprint density at radius 3 is 2.88 bits per heavy atom. The standard InChI is InChI=1S/C16H17ClN6O.ClH/c17-12-5-3-11(4-6-12)8-14-20-16(24-22-14)15-19-10-23(21-15)13-2-1-7-18-9-13;/h3-6,10,13,18H,1-2,7-9H2;1H. The van der Waals surface area contributed by atoms with Crippen molar-refractivity contribution >= 4 is 24.0 Å². The fraction of sp³-hybridized carbons (Fsp3) is 0.375. The van der Waals surface area contributed by atoms with Crippen LogP contribution >= 0.6 is 24.0 Å². The lowest BCUT2D eigenvalue weighted by Crippen LogP contribution is -2.31. The zero-order valence-electron chi connectivity index (χ0n) is 13.4. The molecule has 1 atom stereocenters. The largest absolute Gasteiger partial charge is 0.330 e. The lowest BCUT2D eigenvalue weighted by molar-refractivity contribution is 0.345. The van der Waals surface area contributed by atoms with E-state index in [0.717, 1.165) is 31.5 Å². The molecule has 0 radical (unpaired) electrons. The number of halogens is 2. The van der Waals surface area contributed by atoms with Crippen molar-refractivity contribution in [3.63, 3.8) is 0 Å². The van der Waals surface area contributed by atoms with Crippen LogP contribution < -0.4 is 5.32 Å². The molecule has 0 amide bonds. The van der Waals surface area contributed by atoms with Crippen LogP contribution in [0.3, 0.4) is 0 Å². The predicted molar refractivity (Wildman–Crippen MR) is 96.0 cm³/mol. The van der Waals surface area contributed by atoms with Crippen LogP contribution in [0.2, 0.25) is 5.02 Å². The predicted octanol–water partition coefficient (Wildman–Crippen LogP) is 2.92. The van der Waals surface area contributed by atoms with Crippen LogP contribution in [0.25, 0.3) is 11.7 Å². The number of rotatable bonds is 4. The van der Waals surface area contributed by atoms with Gasteiger partial charge in [-0.3, -0.25) is 0 Å². The number of hydrogen-bond acceptors (Lipinski definition) is 6. The molecule has 2 aromatic heterocycles. The smallest absolute Gasteiger partial charge is 0.297 e. The highest BCUT2D eigenvalue weighted by atomic mass is 35.5. The summed E-state index contributed by atoms with van der Waals surface area (Å²) >= 11 is 5.89. The second-order valence-electron chi connectivity index (χ2n) is 5.87. The van der Waals surface area contributed by atoms with Crippen molar-refractivity contribution in [1.82, 2.24) is 30.2 Å². The molecular formula is C16H18Cl2N6O. The van der Waals surface area contributed by atoms with Gasteiger partial charge >= 0.3 is 0 Å². The fourth-order valence-electron chi connectivity index (χ4n) is 2.81. The summed E-state index contributed by atoms with van der Waals surface area (Å²) in [6, 6.07) is 7.91. The highest BCUT2D eigenvalue weighted by Crippen LogP contribution is 2.19. The van der Waals surface area contributed by atoms with E-state index in [9.17, 15) is 0 Å². The molecule has 3 aromatic rings. The van der Waals surface area contributed by atoms with Gasteiger partial charge in [-0.2, -0.15) is 4.98 Å². The maximum Gasteiger partial charge on any atom is 0.297 e. The zero-order chi connectivity index (χ0) is 16.4. The van der Waals surface area contributed by atoms with Crippen LogP contribution in [-0.2, 0) is 6.42 Å². The average Bonchev–Trinajstić information content (AvgIpc) is 3.27. The molecule has 1 aliphatic rings. The Bertz CT molecular complexity index is 810. The molecule has 9 heteroatoms. The maximum atomic E-state index is 5.89. The van der Waals surface area contributed by atoms with Gasteiger partial charge in [-0.15, -0.1) is 17.5 Å². The van der Waals surface area contributed by atoms with Gasteiger partial charge in [0.05, 0.1) is 6.04 Å². The van der Waals surface area contributed by atoms with Gasteiger partial charge < -0.3 is 9.84 Å². The maximum absolute atomic E-state index is 5.89. The summed E-state index contributed by atoms with van der Waals surface area (Å²) < 4.78 is 7.19. The quantitative estimate of drug-likeness (QED) is 0.749. The molecule has 7 nitrogen and oxygen atoms in total. The Balaban J connectivity index is 0.00000182. The average molecular weight is 381 g/mol. The van der Waals surface area contributed by atoms with Gasteiger partial charge in [0.2, 0.25) is 5.82 Å².